The van der Waals surface area contributed by atoms with Crippen molar-refractivity contribution in [2.75, 3.05) is 20.1 Å². The van der Waals surface area contributed by atoms with Crippen molar-refractivity contribution in [2.24, 2.45) is 0 Å². The lowest BCUT2D eigenvalue weighted by molar-refractivity contribution is 0.266. The quantitative estimate of drug-likeness (QED) is 0.600. The van der Waals surface area contributed by atoms with Crippen LogP contribution in [-0.4, -0.2) is 37.1 Å². The van der Waals surface area contributed by atoms with Crippen molar-refractivity contribution in [1.82, 2.24) is 10.2 Å². The summed E-state index contributed by atoms with van der Waals surface area (Å²) in [4.78, 5) is 2.51. The molecule has 0 bridgehead atoms. The molecule has 1 fully saturated rings. The van der Waals surface area contributed by atoms with E-state index in [1.165, 1.54) is 12.8 Å². The maximum Gasteiger partial charge on any atom is 0.0164 e. The van der Waals surface area contributed by atoms with Crippen molar-refractivity contribution >= 4 is 0 Å². The van der Waals surface area contributed by atoms with Crippen molar-refractivity contribution in [2.45, 2.75) is 31.8 Å². The van der Waals surface area contributed by atoms with Gasteiger partial charge in [-0.25, -0.2) is 0 Å². The van der Waals surface area contributed by atoms with Crippen LogP contribution in [0.1, 0.15) is 19.8 Å². The van der Waals surface area contributed by atoms with E-state index in [0.29, 0.717) is 6.04 Å². The van der Waals surface area contributed by atoms with Gasteiger partial charge in [0.1, 0.15) is 0 Å². The summed E-state index contributed by atoms with van der Waals surface area (Å²) in [5.41, 5.74) is 0. The van der Waals surface area contributed by atoms with E-state index < -0.39 is 0 Å². The van der Waals surface area contributed by atoms with Crippen LogP contribution < -0.4 is 5.32 Å². The van der Waals surface area contributed by atoms with Crippen molar-refractivity contribution in [1.29, 1.82) is 0 Å². The first kappa shape index (κ1) is 9.75. The molecule has 1 N–H and O–H groups in total. The summed E-state index contributed by atoms with van der Waals surface area (Å²) in [6.07, 6.45) is 4.76. The summed E-state index contributed by atoms with van der Waals surface area (Å²) in [7, 11) is 2.02. The Morgan fingerprint density at radius 1 is 1.67 bits per heavy atom. The standard InChI is InChI=1S/C10H20N2/c1-4-7-12(10-5-6-10)8-9(2)11-3/h4,9-11H,1,5-8H2,2-3H3. The Morgan fingerprint density at radius 3 is 2.75 bits per heavy atom. The molecule has 1 aliphatic carbocycles. The van der Waals surface area contributed by atoms with Gasteiger partial charge in [-0.2, -0.15) is 0 Å². The third-order valence-electron chi connectivity index (χ3n) is 2.43. The maximum absolute atomic E-state index is 3.78. The minimum atomic E-state index is 0.588. The Hall–Kier alpha value is -0.340. The van der Waals surface area contributed by atoms with E-state index in [4.69, 9.17) is 0 Å². The van der Waals surface area contributed by atoms with Gasteiger partial charge in [-0.05, 0) is 26.8 Å². The first-order valence-corrected chi connectivity index (χ1v) is 4.80. The van der Waals surface area contributed by atoms with E-state index in [1.807, 2.05) is 13.1 Å². The molecule has 1 atom stereocenters. The fraction of sp³-hybridized carbons (Fsp3) is 0.800. The molecule has 0 saturated heterocycles. The van der Waals surface area contributed by atoms with Gasteiger partial charge >= 0.3 is 0 Å². The molecule has 1 rings (SSSR count). The van der Waals surface area contributed by atoms with Crippen molar-refractivity contribution in [3.63, 3.8) is 0 Å². The number of nitrogens with one attached hydrogen (secondary N) is 1. The average molecular weight is 168 g/mol. The number of nitrogens with zero attached hydrogens (tertiary/aromatic N) is 1. The van der Waals surface area contributed by atoms with E-state index in [9.17, 15) is 0 Å². The minimum Gasteiger partial charge on any atom is -0.316 e. The van der Waals surface area contributed by atoms with Gasteiger partial charge in [-0.15, -0.1) is 6.58 Å². The van der Waals surface area contributed by atoms with Crippen LogP contribution in [0.15, 0.2) is 12.7 Å². The molecule has 0 spiro atoms. The van der Waals surface area contributed by atoms with Gasteiger partial charge in [-0.1, -0.05) is 6.08 Å². The number of hydrogen-bond acceptors (Lipinski definition) is 2. The fourth-order valence-corrected chi connectivity index (χ4v) is 1.42. The van der Waals surface area contributed by atoms with Gasteiger partial charge in [0.15, 0.2) is 0 Å². The van der Waals surface area contributed by atoms with E-state index in [1.54, 1.807) is 0 Å². The van der Waals surface area contributed by atoms with Crippen molar-refractivity contribution < 1.29 is 0 Å². The highest BCUT2D eigenvalue weighted by atomic mass is 15.2. The normalized spacial score (nSPS) is 19.6. The van der Waals surface area contributed by atoms with Gasteiger partial charge in [0.2, 0.25) is 0 Å². The Balaban J connectivity index is 2.26. The van der Waals surface area contributed by atoms with Gasteiger partial charge in [0.05, 0.1) is 0 Å². The summed E-state index contributed by atoms with van der Waals surface area (Å²) in [6.45, 7) is 8.19. The molecule has 70 valence electrons. The predicted octanol–water partition coefficient (Wildman–Crippen LogP) is 1.24. The predicted molar refractivity (Wildman–Crippen MR) is 53.3 cm³/mol. The first-order chi connectivity index (χ1) is 5.77. The van der Waals surface area contributed by atoms with Crippen LogP contribution in [0, 0.1) is 0 Å². The molecule has 0 radical (unpaired) electrons. The molecule has 1 unspecified atom stereocenters. The lowest BCUT2D eigenvalue weighted by atomic mass is 10.3. The Bertz CT molecular complexity index is 141. The summed E-state index contributed by atoms with van der Waals surface area (Å²) in [6, 6.07) is 1.43. The largest absolute Gasteiger partial charge is 0.316 e. The van der Waals surface area contributed by atoms with Crippen LogP contribution in [0.4, 0.5) is 0 Å². The van der Waals surface area contributed by atoms with Gasteiger partial charge in [0.25, 0.3) is 0 Å². The van der Waals surface area contributed by atoms with Crippen LogP contribution in [-0.2, 0) is 0 Å². The van der Waals surface area contributed by atoms with Gasteiger partial charge < -0.3 is 5.32 Å². The molecule has 0 aromatic heterocycles. The molecule has 0 heterocycles. The zero-order valence-electron chi connectivity index (χ0n) is 8.21. The molecule has 0 aromatic rings. The molecule has 0 aromatic carbocycles. The van der Waals surface area contributed by atoms with E-state index in [-0.39, 0.29) is 0 Å². The topological polar surface area (TPSA) is 15.3 Å². The van der Waals surface area contributed by atoms with Gasteiger partial charge in [-0.3, -0.25) is 4.90 Å². The molecule has 2 heteroatoms. The highest BCUT2D eigenvalue weighted by Gasteiger charge is 2.28. The molecule has 1 aliphatic rings. The summed E-state index contributed by atoms with van der Waals surface area (Å²) in [5, 5.41) is 3.26. The summed E-state index contributed by atoms with van der Waals surface area (Å²) < 4.78 is 0. The first-order valence-electron chi connectivity index (χ1n) is 4.80. The Kier molecular flexibility index (Phi) is 3.76. The molecule has 12 heavy (non-hydrogen) atoms. The lowest BCUT2D eigenvalue weighted by Crippen LogP contribution is -2.38. The minimum absolute atomic E-state index is 0.588. The van der Waals surface area contributed by atoms with Crippen LogP contribution in [0.5, 0.6) is 0 Å². The van der Waals surface area contributed by atoms with Crippen LogP contribution >= 0.6 is 0 Å². The van der Waals surface area contributed by atoms with Crippen LogP contribution in [0.25, 0.3) is 0 Å². The second kappa shape index (κ2) is 4.63. The van der Waals surface area contributed by atoms with E-state index >= 15 is 0 Å². The van der Waals surface area contributed by atoms with Crippen LogP contribution in [0.3, 0.4) is 0 Å². The van der Waals surface area contributed by atoms with E-state index in [0.717, 1.165) is 19.1 Å². The summed E-state index contributed by atoms with van der Waals surface area (Å²) >= 11 is 0. The van der Waals surface area contributed by atoms with E-state index in [2.05, 4.69) is 23.7 Å². The SMILES string of the molecule is C=CCN(CC(C)NC)C1CC1. The Morgan fingerprint density at radius 2 is 2.33 bits per heavy atom. The molecular formula is C10H20N2. The van der Waals surface area contributed by atoms with Crippen molar-refractivity contribution in [3.8, 4) is 0 Å². The zero-order valence-corrected chi connectivity index (χ0v) is 8.21. The van der Waals surface area contributed by atoms with Gasteiger partial charge in [0, 0.05) is 25.2 Å². The molecule has 0 amide bonds. The number of likely N-dealkylation sites (N-methyl/N-ethyl adjacent to an activating group) is 1. The average Bonchev–Trinajstić information content (AvgIpc) is 2.86. The molecule has 2 nitrogen and oxygen atoms in total. The lowest BCUT2D eigenvalue weighted by Gasteiger charge is -2.23. The highest BCUT2D eigenvalue weighted by molar-refractivity contribution is 4.89. The zero-order chi connectivity index (χ0) is 8.97. The smallest absolute Gasteiger partial charge is 0.0164 e. The third kappa shape index (κ3) is 2.95. The fourth-order valence-electron chi connectivity index (χ4n) is 1.42. The number of rotatable bonds is 6. The van der Waals surface area contributed by atoms with Crippen LogP contribution in [0.2, 0.25) is 0 Å². The second-order valence-corrected chi connectivity index (χ2v) is 3.66. The monoisotopic (exact) mass is 168 g/mol. The maximum atomic E-state index is 3.78. The van der Waals surface area contributed by atoms with Crippen molar-refractivity contribution in [3.05, 3.63) is 12.7 Å². The third-order valence-corrected chi connectivity index (χ3v) is 2.43. The number of hydrogen-bond donors (Lipinski definition) is 1. The molecule has 0 aliphatic heterocycles. The summed E-state index contributed by atoms with van der Waals surface area (Å²) in [5.74, 6) is 0. The highest BCUT2D eigenvalue weighted by Crippen LogP contribution is 2.26. The Labute approximate surface area is 75.6 Å². The molecular weight excluding hydrogens is 148 g/mol. The molecule has 1 saturated carbocycles. The second-order valence-electron chi connectivity index (χ2n) is 3.66.